The maximum atomic E-state index is 11.6. The lowest BCUT2D eigenvalue weighted by atomic mass is 9.90. The van der Waals surface area contributed by atoms with E-state index in [1.165, 1.54) is 12.4 Å². The molecule has 4 heterocycles. The number of rotatable bonds is 3. The maximum absolute atomic E-state index is 11.6. The topological polar surface area (TPSA) is 92.9 Å². The van der Waals surface area contributed by atoms with Crippen LogP contribution < -0.4 is 24.6 Å². The number of benzene rings is 2. The molecule has 0 unspecified atom stereocenters. The average Bonchev–Trinajstić information content (AvgIpc) is 3.26. The lowest BCUT2D eigenvalue weighted by Gasteiger charge is -2.39. The fraction of sp³-hybridized carbons (Fsp3) is 0.240. The van der Waals surface area contributed by atoms with Gasteiger partial charge in [-0.1, -0.05) is 0 Å². The van der Waals surface area contributed by atoms with Gasteiger partial charge in [0.15, 0.2) is 11.5 Å². The molecule has 0 saturated heterocycles. The van der Waals surface area contributed by atoms with Crippen LogP contribution in [0.3, 0.4) is 0 Å². The van der Waals surface area contributed by atoms with Crippen LogP contribution in [0.5, 0.6) is 23.1 Å². The third-order valence-electron chi connectivity index (χ3n) is 5.93. The summed E-state index contributed by atoms with van der Waals surface area (Å²) in [5.41, 5.74) is 2.05. The van der Waals surface area contributed by atoms with Gasteiger partial charge in [0.05, 0.1) is 5.69 Å². The molecule has 2 aromatic carbocycles. The Labute approximate surface area is 188 Å². The lowest BCUT2D eigenvalue weighted by molar-refractivity contribution is -0.0287. The molecule has 2 aliphatic heterocycles. The highest BCUT2D eigenvalue weighted by atomic mass is 16.7. The van der Waals surface area contributed by atoms with E-state index in [9.17, 15) is 4.79 Å². The highest BCUT2D eigenvalue weighted by molar-refractivity contribution is 5.79. The van der Waals surface area contributed by atoms with Crippen molar-refractivity contribution < 1.29 is 23.4 Å². The van der Waals surface area contributed by atoms with Crippen molar-refractivity contribution in [2.75, 3.05) is 6.79 Å². The number of hydrogen-bond acceptors (Lipinski definition) is 8. The molecular weight excluding hydrogens is 424 g/mol. The minimum absolute atomic E-state index is 0.219. The van der Waals surface area contributed by atoms with Crippen LogP contribution in [0.2, 0.25) is 0 Å². The molecule has 8 heteroatoms. The molecule has 8 nitrogen and oxygen atoms in total. The van der Waals surface area contributed by atoms with Crippen LogP contribution >= 0.6 is 0 Å². The summed E-state index contributed by atoms with van der Waals surface area (Å²) >= 11 is 0. The molecule has 0 aliphatic carbocycles. The van der Waals surface area contributed by atoms with E-state index in [0.29, 0.717) is 35.1 Å². The van der Waals surface area contributed by atoms with Crippen molar-refractivity contribution in [1.82, 2.24) is 9.97 Å². The number of hydrogen-bond donors (Lipinski definition) is 0. The predicted octanol–water partition coefficient (Wildman–Crippen LogP) is 4.14. The molecule has 1 atom stereocenters. The largest absolute Gasteiger partial charge is 0.484 e. The van der Waals surface area contributed by atoms with E-state index in [0.717, 1.165) is 22.3 Å². The summed E-state index contributed by atoms with van der Waals surface area (Å²) in [5.74, 6) is 2.55. The Kier molecular flexibility index (Phi) is 4.29. The van der Waals surface area contributed by atoms with E-state index >= 15 is 0 Å². The van der Waals surface area contributed by atoms with E-state index in [4.69, 9.17) is 23.4 Å². The zero-order valence-electron chi connectivity index (χ0n) is 18.0. The summed E-state index contributed by atoms with van der Waals surface area (Å²) in [5, 5.41) is 0.836. The summed E-state index contributed by atoms with van der Waals surface area (Å²) < 4.78 is 28.7. The molecule has 166 valence electrons. The summed E-state index contributed by atoms with van der Waals surface area (Å²) in [4.78, 5) is 20.3. The number of nitrogens with zero attached hydrogens (tertiary/aromatic N) is 2. The van der Waals surface area contributed by atoms with Gasteiger partial charge in [-0.15, -0.1) is 0 Å². The zero-order valence-corrected chi connectivity index (χ0v) is 18.0. The SMILES string of the molecule is CC1(C)Oc2cc3oc(=O)ccc3cc2C[C@@H]1Oc1cc(-c2ccc3c(c2)OCO3)ncn1. The quantitative estimate of drug-likeness (QED) is 0.436. The molecular formula is C25H20N2O6. The van der Waals surface area contributed by atoms with Crippen LogP contribution in [-0.4, -0.2) is 28.5 Å². The molecule has 33 heavy (non-hydrogen) atoms. The van der Waals surface area contributed by atoms with Gasteiger partial charge in [-0.2, -0.15) is 0 Å². The van der Waals surface area contributed by atoms with Crippen molar-refractivity contribution in [2.24, 2.45) is 0 Å². The predicted molar refractivity (Wildman–Crippen MR) is 119 cm³/mol. The standard InChI is InChI=1S/C25H20N2O6/c1-25(2)22(9-16-7-15-4-6-24(28)31-19(15)11-20(16)33-25)32-23-10-17(26-12-27-23)14-3-5-18-21(8-14)30-13-29-18/h3-8,10-12,22H,9,13H2,1-2H3/t22-/m0/s1. The normalized spacial score (nSPS) is 17.9. The lowest BCUT2D eigenvalue weighted by Crippen LogP contribution is -2.49. The number of fused-ring (bicyclic) bond motifs is 3. The van der Waals surface area contributed by atoms with E-state index in [2.05, 4.69) is 9.97 Å². The van der Waals surface area contributed by atoms with Crippen LogP contribution in [0.1, 0.15) is 19.4 Å². The van der Waals surface area contributed by atoms with Crippen molar-refractivity contribution in [3.63, 3.8) is 0 Å². The number of aromatic nitrogens is 2. The number of ether oxygens (including phenoxy) is 4. The van der Waals surface area contributed by atoms with E-state index in [-0.39, 0.29) is 18.5 Å². The van der Waals surface area contributed by atoms with Crippen molar-refractivity contribution >= 4 is 11.0 Å². The first-order valence-corrected chi connectivity index (χ1v) is 10.6. The molecule has 0 spiro atoms. The van der Waals surface area contributed by atoms with E-state index < -0.39 is 5.60 Å². The van der Waals surface area contributed by atoms with Gasteiger partial charge in [0.1, 0.15) is 29.4 Å². The fourth-order valence-corrected chi connectivity index (χ4v) is 4.14. The summed E-state index contributed by atoms with van der Waals surface area (Å²) in [7, 11) is 0. The van der Waals surface area contributed by atoms with Crippen LogP contribution in [0, 0.1) is 0 Å². The zero-order chi connectivity index (χ0) is 22.6. The molecule has 0 saturated carbocycles. The highest BCUT2D eigenvalue weighted by Crippen LogP contribution is 2.38. The first-order valence-electron chi connectivity index (χ1n) is 10.6. The van der Waals surface area contributed by atoms with Crippen molar-refractivity contribution in [3.05, 3.63) is 70.8 Å². The Hall–Kier alpha value is -4.07. The second-order valence-corrected chi connectivity index (χ2v) is 8.58. The molecule has 0 bridgehead atoms. The van der Waals surface area contributed by atoms with Crippen molar-refractivity contribution in [1.29, 1.82) is 0 Å². The summed E-state index contributed by atoms with van der Waals surface area (Å²) in [6, 6.07) is 14.4. The monoisotopic (exact) mass is 444 g/mol. The molecule has 0 amide bonds. The van der Waals surface area contributed by atoms with E-state index in [1.807, 2.05) is 38.1 Å². The van der Waals surface area contributed by atoms with Gasteiger partial charge >= 0.3 is 5.63 Å². The fourth-order valence-electron chi connectivity index (χ4n) is 4.14. The first kappa shape index (κ1) is 19.6. The second-order valence-electron chi connectivity index (χ2n) is 8.58. The minimum atomic E-state index is -0.639. The summed E-state index contributed by atoms with van der Waals surface area (Å²) in [6.07, 6.45) is 1.80. The second kappa shape index (κ2) is 7.23. The average molecular weight is 444 g/mol. The molecule has 4 aromatic rings. The molecule has 6 rings (SSSR count). The van der Waals surface area contributed by atoms with Crippen molar-refractivity contribution in [2.45, 2.75) is 32.0 Å². The van der Waals surface area contributed by atoms with Gasteiger partial charge in [0.2, 0.25) is 12.7 Å². The van der Waals surface area contributed by atoms with Gasteiger partial charge in [-0.05, 0) is 49.7 Å². The third kappa shape index (κ3) is 3.53. The Morgan fingerprint density at radius 1 is 0.970 bits per heavy atom. The highest BCUT2D eigenvalue weighted by Gasteiger charge is 2.39. The Balaban J connectivity index is 1.29. The van der Waals surface area contributed by atoms with Gasteiger partial charge in [-0.25, -0.2) is 14.8 Å². The molecule has 0 fully saturated rings. The molecule has 0 radical (unpaired) electrons. The Bertz CT molecular complexity index is 1440. The van der Waals surface area contributed by atoms with Crippen LogP contribution in [-0.2, 0) is 6.42 Å². The smallest absolute Gasteiger partial charge is 0.336 e. The maximum Gasteiger partial charge on any atom is 0.336 e. The third-order valence-corrected chi connectivity index (χ3v) is 5.93. The van der Waals surface area contributed by atoms with Crippen LogP contribution in [0.4, 0.5) is 0 Å². The first-order chi connectivity index (χ1) is 15.9. The van der Waals surface area contributed by atoms with Crippen LogP contribution in [0.15, 0.2) is 64.1 Å². The Morgan fingerprint density at radius 3 is 2.76 bits per heavy atom. The molecule has 2 aromatic heterocycles. The summed E-state index contributed by atoms with van der Waals surface area (Å²) in [6.45, 7) is 4.15. The van der Waals surface area contributed by atoms with Crippen molar-refractivity contribution in [3.8, 4) is 34.4 Å². The minimum Gasteiger partial charge on any atom is -0.484 e. The van der Waals surface area contributed by atoms with Gasteiger partial charge in [0.25, 0.3) is 0 Å². The van der Waals surface area contributed by atoms with Gasteiger partial charge < -0.3 is 23.4 Å². The van der Waals surface area contributed by atoms with Crippen LogP contribution in [0.25, 0.3) is 22.2 Å². The van der Waals surface area contributed by atoms with E-state index in [1.54, 1.807) is 18.2 Å². The Morgan fingerprint density at radius 2 is 1.85 bits per heavy atom. The van der Waals surface area contributed by atoms with Gasteiger partial charge in [-0.3, -0.25) is 0 Å². The molecule has 2 aliphatic rings. The van der Waals surface area contributed by atoms with Gasteiger partial charge in [0, 0.05) is 35.6 Å². The molecule has 0 N–H and O–H groups in total.